The number of amides is 1. The standard InChI is InChI=1S/C15H18ClN3O/c1-3-19-14(9-11(2)18-19)15(20)17-10-13(16)12-7-5-4-6-8-12/h4-9,13H,3,10H2,1-2H3,(H,17,20). The van der Waals surface area contributed by atoms with Crippen LogP contribution in [0, 0.1) is 6.92 Å². The molecule has 4 nitrogen and oxygen atoms in total. The molecule has 0 saturated carbocycles. The first-order chi connectivity index (χ1) is 9.61. The number of carbonyl (C=O) groups excluding carboxylic acids is 1. The van der Waals surface area contributed by atoms with Gasteiger partial charge in [0.1, 0.15) is 5.69 Å². The molecule has 0 aliphatic carbocycles. The van der Waals surface area contributed by atoms with Gasteiger partial charge in [0.25, 0.3) is 5.91 Å². The van der Waals surface area contributed by atoms with Gasteiger partial charge in [-0.1, -0.05) is 30.3 Å². The zero-order chi connectivity index (χ0) is 14.5. The maximum atomic E-state index is 12.1. The van der Waals surface area contributed by atoms with Gasteiger partial charge in [-0.15, -0.1) is 11.6 Å². The molecular formula is C15H18ClN3O. The number of hydrogen-bond donors (Lipinski definition) is 1. The van der Waals surface area contributed by atoms with Crippen LogP contribution in [0.15, 0.2) is 36.4 Å². The predicted molar refractivity (Wildman–Crippen MR) is 80.0 cm³/mol. The second-order valence-electron chi connectivity index (χ2n) is 4.57. The molecule has 2 aromatic rings. The Hall–Kier alpha value is -1.81. The molecule has 0 aliphatic rings. The third-order valence-electron chi connectivity index (χ3n) is 3.04. The topological polar surface area (TPSA) is 46.9 Å². The van der Waals surface area contributed by atoms with Crippen LogP contribution in [0.3, 0.4) is 0 Å². The van der Waals surface area contributed by atoms with Crippen molar-refractivity contribution in [2.24, 2.45) is 0 Å². The van der Waals surface area contributed by atoms with Gasteiger partial charge in [0.2, 0.25) is 0 Å². The van der Waals surface area contributed by atoms with Crippen LogP contribution in [0.1, 0.15) is 34.0 Å². The number of aromatic nitrogens is 2. The molecule has 2 rings (SSSR count). The van der Waals surface area contributed by atoms with Gasteiger partial charge < -0.3 is 5.32 Å². The molecular weight excluding hydrogens is 274 g/mol. The smallest absolute Gasteiger partial charge is 0.269 e. The molecule has 0 radical (unpaired) electrons. The number of carbonyl (C=O) groups is 1. The van der Waals surface area contributed by atoms with Crippen LogP contribution in [-0.4, -0.2) is 22.2 Å². The highest BCUT2D eigenvalue weighted by atomic mass is 35.5. The van der Waals surface area contributed by atoms with Crippen LogP contribution in [0.5, 0.6) is 0 Å². The second kappa shape index (κ2) is 6.57. The molecule has 1 unspecified atom stereocenters. The third-order valence-corrected chi connectivity index (χ3v) is 3.44. The third kappa shape index (κ3) is 3.39. The highest BCUT2D eigenvalue weighted by Gasteiger charge is 2.15. The summed E-state index contributed by atoms with van der Waals surface area (Å²) in [6.45, 7) is 4.88. The average molecular weight is 292 g/mol. The number of nitrogens with zero attached hydrogens (tertiary/aromatic N) is 2. The Balaban J connectivity index is 1.98. The lowest BCUT2D eigenvalue weighted by molar-refractivity contribution is 0.0943. The quantitative estimate of drug-likeness (QED) is 0.861. The summed E-state index contributed by atoms with van der Waals surface area (Å²) in [4.78, 5) is 12.1. The van der Waals surface area contributed by atoms with Gasteiger partial charge in [-0.2, -0.15) is 5.10 Å². The first kappa shape index (κ1) is 14.6. The Bertz CT molecular complexity index is 580. The molecule has 0 fully saturated rings. The highest BCUT2D eigenvalue weighted by Crippen LogP contribution is 2.18. The molecule has 1 heterocycles. The van der Waals surface area contributed by atoms with Crippen molar-refractivity contribution in [1.82, 2.24) is 15.1 Å². The van der Waals surface area contributed by atoms with Crippen LogP contribution in [0.2, 0.25) is 0 Å². The number of hydrogen-bond acceptors (Lipinski definition) is 2. The molecule has 1 atom stereocenters. The predicted octanol–water partition coefficient (Wildman–Crippen LogP) is 2.92. The van der Waals surface area contributed by atoms with Crippen LogP contribution in [0.25, 0.3) is 0 Å². The number of nitrogens with one attached hydrogen (secondary N) is 1. The van der Waals surface area contributed by atoms with E-state index >= 15 is 0 Å². The SMILES string of the molecule is CCn1nc(C)cc1C(=O)NCC(Cl)c1ccccc1. The molecule has 1 aromatic carbocycles. The molecule has 1 amide bonds. The summed E-state index contributed by atoms with van der Waals surface area (Å²) >= 11 is 6.28. The van der Waals surface area contributed by atoms with E-state index in [0.29, 0.717) is 18.8 Å². The van der Waals surface area contributed by atoms with Gasteiger partial charge in [-0.05, 0) is 25.5 Å². The number of benzene rings is 1. The first-order valence-electron chi connectivity index (χ1n) is 6.63. The van der Waals surface area contributed by atoms with Crippen LogP contribution >= 0.6 is 11.6 Å². The number of alkyl halides is 1. The van der Waals surface area contributed by atoms with Crippen molar-refractivity contribution in [2.45, 2.75) is 25.8 Å². The lowest BCUT2D eigenvalue weighted by Gasteiger charge is -2.11. The Morgan fingerprint density at radius 1 is 1.40 bits per heavy atom. The van der Waals surface area contributed by atoms with Gasteiger partial charge in [-0.25, -0.2) is 0 Å². The van der Waals surface area contributed by atoms with Crippen molar-refractivity contribution in [3.63, 3.8) is 0 Å². The minimum absolute atomic E-state index is 0.144. The Morgan fingerprint density at radius 2 is 2.10 bits per heavy atom. The van der Waals surface area contributed by atoms with Gasteiger partial charge in [0, 0.05) is 13.1 Å². The van der Waals surface area contributed by atoms with Crippen LogP contribution in [0.4, 0.5) is 0 Å². The van der Waals surface area contributed by atoms with E-state index in [9.17, 15) is 4.79 Å². The highest BCUT2D eigenvalue weighted by molar-refractivity contribution is 6.21. The van der Waals surface area contributed by atoms with E-state index in [1.807, 2.05) is 44.2 Å². The van der Waals surface area contributed by atoms with E-state index < -0.39 is 0 Å². The monoisotopic (exact) mass is 291 g/mol. The molecule has 1 aromatic heterocycles. The largest absolute Gasteiger partial charge is 0.349 e. The van der Waals surface area contributed by atoms with Crippen molar-refractivity contribution in [3.05, 3.63) is 53.3 Å². The molecule has 0 aliphatic heterocycles. The molecule has 0 bridgehead atoms. The number of rotatable bonds is 5. The van der Waals surface area contributed by atoms with E-state index in [1.165, 1.54) is 0 Å². The van der Waals surface area contributed by atoms with Gasteiger partial charge >= 0.3 is 0 Å². The molecule has 1 N–H and O–H groups in total. The van der Waals surface area contributed by atoms with Gasteiger partial charge in [0.05, 0.1) is 11.1 Å². The van der Waals surface area contributed by atoms with Crippen molar-refractivity contribution < 1.29 is 4.79 Å². The first-order valence-corrected chi connectivity index (χ1v) is 7.07. The minimum Gasteiger partial charge on any atom is -0.349 e. The molecule has 5 heteroatoms. The van der Waals surface area contributed by atoms with E-state index in [-0.39, 0.29) is 11.3 Å². The molecule has 20 heavy (non-hydrogen) atoms. The normalized spacial score (nSPS) is 12.2. The maximum Gasteiger partial charge on any atom is 0.269 e. The maximum absolute atomic E-state index is 12.1. The van der Waals surface area contributed by atoms with Gasteiger partial charge in [0.15, 0.2) is 0 Å². The van der Waals surface area contributed by atoms with Crippen molar-refractivity contribution in [2.75, 3.05) is 6.54 Å². The molecule has 0 saturated heterocycles. The van der Waals surface area contributed by atoms with E-state index in [1.54, 1.807) is 10.7 Å². The summed E-state index contributed by atoms with van der Waals surface area (Å²) in [6.07, 6.45) is 0. The van der Waals surface area contributed by atoms with E-state index in [4.69, 9.17) is 11.6 Å². The van der Waals surface area contributed by atoms with Crippen molar-refractivity contribution in [3.8, 4) is 0 Å². The number of halogens is 1. The van der Waals surface area contributed by atoms with Crippen LogP contribution < -0.4 is 5.32 Å². The van der Waals surface area contributed by atoms with E-state index in [0.717, 1.165) is 11.3 Å². The van der Waals surface area contributed by atoms with Crippen molar-refractivity contribution in [1.29, 1.82) is 0 Å². The second-order valence-corrected chi connectivity index (χ2v) is 5.10. The zero-order valence-electron chi connectivity index (χ0n) is 11.6. The summed E-state index contributed by atoms with van der Waals surface area (Å²) in [7, 11) is 0. The van der Waals surface area contributed by atoms with E-state index in [2.05, 4.69) is 10.4 Å². The van der Waals surface area contributed by atoms with Crippen LogP contribution in [-0.2, 0) is 6.54 Å². The van der Waals surface area contributed by atoms with Gasteiger partial charge in [-0.3, -0.25) is 9.48 Å². The Labute approximate surface area is 123 Å². The fourth-order valence-electron chi connectivity index (χ4n) is 2.02. The Kier molecular flexibility index (Phi) is 4.79. The summed E-state index contributed by atoms with van der Waals surface area (Å²) in [5.74, 6) is -0.144. The fraction of sp³-hybridized carbons (Fsp3) is 0.333. The van der Waals surface area contributed by atoms with Crippen molar-refractivity contribution >= 4 is 17.5 Å². The summed E-state index contributed by atoms with van der Waals surface area (Å²) in [5.41, 5.74) is 2.40. The summed E-state index contributed by atoms with van der Waals surface area (Å²) in [5, 5.41) is 6.88. The minimum atomic E-state index is -0.237. The fourth-order valence-corrected chi connectivity index (χ4v) is 2.24. The number of aryl methyl sites for hydroxylation is 2. The zero-order valence-corrected chi connectivity index (χ0v) is 12.4. The summed E-state index contributed by atoms with van der Waals surface area (Å²) in [6, 6.07) is 11.5. The molecule has 106 valence electrons. The Morgan fingerprint density at radius 3 is 2.75 bits per heavy atom. The average Bonchev–Trinajstić information content (AvgIpc) is 2.86. The lowest BCUT2D eigenvalue weighted by atomic mass is 10.1. The lowest BCUT2D eigenvalue weighted by Crippen LogP contribution is -2.29. The molecule has 0 spiro atoms. The summed E-state index contributed by atoms with van der Waals surface area (Å²) < 4.78 is 1.69.